The fourth-order valence-electron chi connectivity index (χ4n) is 3.60. The van der Waals surface area contributed by atoms with Gasteiger partial charge in [0.15, 0.2) is 0 Å². The van der Waals surface area contributed by atoms with Crippen molar-refractivity contribution in [1.29, 1.82) is 0 Å². The van der Waals surface area contributed by atoms with Gasteiger partial charge < -0.3 is 0 Å². The lowest BCUT2D eigenvalue weighted by Crippen LogP contribution is -1.87. The Hall–Kier alpha value is -3.31. The predicted octanol–water partition coefficient (Wildman–Crippen LogP) is 6.63. The molecule has 1 heteroatoms. The zero-order valence-corrected chi connectivity index (χ0v) is 18.6. The summed E-state index contributed by atoms with van der Waals surface area (Å²) >= 11 is 4.30. The van der Waals surface area contributed by atoms with Gasteiger partial charge in [0, 0.05) is 38.6 Å². The van der Waals surface area contributed by atoms with Crippen molar-refractivity contribution in [2.45, 2.75) is 37.5 Å². The maximum atomic E-state index is 4.30. The number of thiol groups is 1. The molecule has 150 valence electrons. The van der Waals surface area contributed by atoms with Gasteiger partial charge in [-0.05, 0) is 92.1 Å². The van der Waals surface area contributed by atoms with Crippen molar-refractivity contribution in [2.24, 2.45) is 5.92 Å². The topological polar surface area (TPSA) is 0 Å². The van der Waals surface area contributed by atoms with Gasteiger partial charge in [-0.3, -0.25) is 0 Å². The summed E-state index contributed by atoms with van der Waals surface area (Å²) < 4.78 is 0. The highest BCUT2D eigenvalue weighted by molar-refractivity contribution is 7.80. The Kier molecular flexibility index (Phi) is 6.85. The maximum Gasteiger partial charge on any atom is 0.0279 e. The molecule has 3 aromatic rings. The summed E-state index contributed by atoms with van der Waals surface area (Å²) in [7, 11) is 0. The third-order valence-electron chi connectivity index (χ3n) is 5.45. The standard InChI is InChI=1S/C30H24S/c1-23-22-28(13-12-27-16-20-30(31)21-17-27)15-19-29(23)18-14-26-10-8-25(9-11-26)7-6-24-4-2-3-5-24/h8-11,15-17,19-22,24,31H,2-5H2,1H3. The molecular formula is C30H24S. The summed E-state index contributed by atoms with van der Waals surface area (Å²) in [6, 6.07) is 22.3. The van der Waals surface area contributed by atoms with Crippen LogP contribution in [0, 0.1) is 48.4 Å². The molecule has 0 saturated heterocycles. The molecular weight excluding hydrogens is 392 g/mol. The van der Waals surface area contributed by atoms with E-state index < -0.39 is 0 Å². The number of hydrogen-bond acceptors (Lipinski definition) is 1. The van der Waals surface area contributed by atoms with E-state index in [-0.39, 0.29) is 0 Å². The average Bonchev–Trinajstić information content (AvgIpc) is 3.31. The molecule has 0 aromatic heterocycles. The molecule has 31 heavy (non-hydrogen) atoms. The van der Waals surface area contributed by atoms with Crippen LogP contribution in [-0.4, -0.2) is 0 Å². The van der Waals surface area contributed by atoms with Gasteiger partial charge in [-0.15, -0.1) is 12.6 Å². The van der Waals surface area contributed by atoms with E-state index in [9.17, 15) is 0 Å². The van der Waals surface area contributed by atoms with E-state index in [1.54, 1.807) is 0 Å². The molecule has 1 saturated carbocycles. The molecule has 0 heterocycles. The Balaban J connectivity index is 1.43. The van der Waals surface area contributed by atoms with Gasteiger partial charge >= 0.3 is 0 Å². The van der Waals surface area contributed by atoms with Crippen molar-refractivity contribution < 1.29 is 0 Å². The van der Waals surface area contributed by atoms with Crippen LogP contribution in [0.15, 0.2) is 71.6 Å². The SMILES string of the molecule is Cc1cc(C#Cc2ccc(S)cc2)ccc1C#Cc1ccc(C#CC2CCCC2)cc1. The smallest absolute Gasteiger partial charge is 0.0279 e. The second-order valence-electron chi connectivity index (χ2n) is 7.90. The van der Waals surface area contributed by atoms with Crippen LogP contribution in [0.3, 0.4) is 0 Å². The van der Waals surface area contributed by atoms with Gasteiger partial charge in [0.1, 0.15) is 0 Å². The van der Waals surface area contributed by atoms with Crippen LogP contribution in [0.2, 0.25) is 0 Å². The van der Waals surface area contributed by atoms with Crippen LogP contribution in [-0.2, 0) is 0 Å². The van der Waals surface area contributed by atoms with Crippen LogP contribution in [0.25, 0.3) is 0 Å². The Labute approximate surface area is 191 Å². The fourth-order valence-corrected chi connectivity index (χ4v) is 3.75. The van der Waals surface area contributed by atoms with E-state index in [1.807, 2.05) is 36.4 Å². The molecule has 1 aliphatic rings. The van der Waals surface area contributed by atoms with E-state index in [0.717, 1.165) is 38.3 Å². The van der Waals surface area contributed by atoms with Gasteiger partial charge in [-0.1, -0.05) is 48.4 Å². The van der Waals surface area contributed by atoms with Crippen LogP contribution < -0.4 is 0 Å². The van der Waals surface area contributed by atoms with Crippen molar-refractivity contribution in [3.05, 3.63) is 100 Å². The monoisotopic (exact) mass is 416 g/mol. The second kappa shape index (κ2) is 10.1. The summed E-state index contributed by atoms with van der Waals surface area (Å²) in [6.45, 7) is 2.08. The summed E-state index contributed by atoms with van der Waals surface area (Å²) in [5.41, 5.74) is 6.20. The van der Waals surface area contributed by atoms with Crippen LogP contribution in [0.1, 0.15) is 59.1 Å². The third kappa shape index (κ3) is 6.09. The van der Waals surface area contributed by atoms with E-state index >= 15 is 0 Å². The Bertz CT molecular complexity index is 1240. The lowest BCUT2D eigenvalue weighted by molar-refractivity contribution is 0.712. The number of rotatable bonds is 0. The Morgan fingerprint density at radius 1 is 0.645 bits per heavy atom. The van der Waals surface area contributed by atoms with Crippen LogP contribution in [0.5, 0.6) is 0 Å². The van der Waals surface area contributed by atoms with Gasteiger partial charge in [-0.25, -0.2) is 0 Å². The Morgan fingerprint density at radius 3 is 1.81 bits per heavy atom. The van der Waals surface area contributed by atoms with E-state index in [0.29, 0.717) is 5.92 Å². The summed E-state index contributed by atoms with van der Waals surface area (Å²) in [5, 5.41) is 0. The lowest BCUT2D eigenvalue weighted by atomic mass is 10.0. The highest BCUT2D eigenvalue weighted by atomic mass is 32.1. The molecule has 0 bridgehead atoms. The molecule has 0 radical (unpaired) electrons. The van der Waals surface area contributed by atoms with E-state index in [2.05, 4.69) is 85.4 Å². The molecule has 0 nitrogen and oxygen atoms in total. The van der Waals surface area contributed by atoms with Crippen LogP contribution >= 0.6 is 12.6 Å². The number of hydrogen-bond donors (Lipinski definition) is 1. The van der Waals surface area contributed by atoms with Gasteiger partial charge in [0.05, 0.1) is 0 Å². The van der Waals surface area contributed by atoms with Crippen molar-refractivity contribution in [1.82, 2.24) is 0 Å². The maximum absolute atomic E-state index is 4.30. The molecule has 0 amide bonds. The van der Waals surface area contributed by atoms with Crippen molar-refractivity contribution in [2.75, 3.05) is 0 Å². The van der Waals surface area contributed by atoms with E-state index in [1.165, 1.54) is 25.7 Å². The minimum Gasteiger partial charge on any atom is -0.143 e. The first-order chi connectivity index (χ1) is 15.2. The normalized spacial score (nSPS) is 12.7. The van der Waals surface area contributed by atoms with Gasteiger partial charge in [0.25, 0.3) is 0 Å². The molecule has 0 N–H and O–H groups in total. The average molecular weight is 417 g/mol. The van der Waals surface area contributed by atoms with Crippen molar-refractivity contribution in [3.8, 4) is 35.5 Å². The van der Waals surface area contributed by atoms with Gasteiger partial charge in [-0.2, -0.15) is 0 Å². The van der Waals surface area contributed by atoms with Crippen molar-refractivity contribution in [3.63, 3.8) is 0 Å². The zero-order valence-electron chi connectivity index (χ0n) is 17.7. The minimum absolute atomic E-state index is 0.587. The molecule has 0 atom stereocenters. The second-order valence-corrected chi connectivity index (χ2v) is 8.42. The molecule has 0 aliphatic heterocycles. The molecule has 1 aliphatic carbocycles. The first-order valence-corrected chi connectivity index (χ1v) is 11.2. The highest BCUT2D eigenvalue weighted by Gasteiger charge is 2.11. The van der Waals surface area contributed by atoms with Gasteiger partial charge in [0.2, 0.25) is 0 Å². The summed E-state index contributed by atoms with van der Waals surface area (Å²) in [4.78, 5) is 0.941. The molecule has 0 spiro atoms. The Morgan fingerprint density at radius 2 is 1.16 bits per heavy atom. The predicted molar refractivity (Wildman–Crippen MR) is 132 cm³/mol. The van der Waals surface area contributed by atoms with Crippen molar-refractivity contribution >= 4 is 12.6 Å². The minimum atomic E-state index is 0.587. The van der Waals surface area contributed by atoms with E-state index in [4.69, 9.17) is 0 Å². The summed E-state index contributed by atoms with van der Waals surface area (Å²) in [6.07, 6.45) is 5.16. The number of benzene rings is 3. The zero-order chi connectivity index (χ0) is 21.5. The third-order valence-corrected chi connectivity index (χ3v) is 5.75. The first-order valence-electron chi connectivity index (χ1n) is 10.7. The highest BCUT2D eigenvalue weighted by Crippen LogP contribution is 2.23. The largest absolute Gasteiger partial charge is 0.143 e. The quantitative estimate of drug-likeness (QED) is 0.309. The molecule has 3 aromatic carbocycles. The molecule has 4 rings (SSSR count). The number of aryl methyl sites for hydroxylation is 1. The van der Waals surface area contributed by atoms with Crippen LogP contribution in [0.4, 0.5) is 0 Å². The lowest BCUT2D eigenvalue weighted by Gasteiger charge is -1.99. The summed E-state index contributed by atoms with van der Waals surface area (Å²) in [5.74, 6) is 20.3. The fraction of sp³-hybridized carbons (Fsp3) is 0.200. The first kappa shape index (κ1) is 20.9. The molecule has 1 fully saturated rings. The molecule has 0 unspecified atom stereocenters.